The Kier molecular flexibility index (Phi) is 5.83. The van der Waals surface area contributed by atoms with Crippen LogP contribution >= 0.6 is 11.6 Å². The van der Waals surface area contributed by atoms with Crippen LogP contribution in [0.4, 0.5) is 17.6 Å². The van der Waals surface area contributed by atoms with Crippen LogP contribution in [0, 0.1) is 5.82 Å². The number of carboxylic acid groups (broad SMARTS) is 1. The zero-order valence-corrected chi connectivity index (χ0v) is 18.7. The lowest BCUT2D eigenvalue weighted by molar-refractivity contribution is -0.149. The number of alkyl halides is 3. The minimum atomic E-state index is -5.02. The molecule has 8 nitrogen and oxygen atoms in total. The molecule has 2 aromatic heterocycles. The summed E-state index contributed by atoms with van der Waals surface area (Å²) in [4.78, 5) is 33.2. The van der Waals surface area contributed by atoms with Crippen LogP contribution in [0.5, 0.6) is 0 Å². The van der Waals surface area contributed by atoms with Gasteiger partial charge in [0.1, 0.15) is 11.9 Å². The van der Waals surface area contributed by atoms with Crippen LogP contribution in [-0.2, 0) is 31.0 Å². The molecule has 0 unspecified atom stereocenters. The molecule has 34 heavy (non-hydrogen) atoms. The van der Waals surface area contributed by atoms with Crippen molar-refractivity contribution in [1.29, 1.82) is 0 Å². The number of hydrogen-bond donors (Lipinski definition) is 1. The van der Waals surface area contributed by atoms with Gasteiger partial charge < -0.3 is 10.0 Å². The quantitative estimate of drug-likeness (QED) is 0.601. The fraction of sp³-hybridized carbons (Fsp3) is 0.400. The Morgan fingerprint density at radius 1 is 1.24 bits per heavy atom. The third-order valence-electron chi connectivity index (χ3n) is 6.01. The van der Waals surface area contributed by atoms with Crippen molar-refractivity contribution >= 4 is 33.3 Å². The molecule has 1 N–H and O–H groups in total. The number of hydrogen-bond acceptors (Lipinski definition) is 6. The number of pyridine rings is 2. The van der Waals surface area contributed by atoms with Crippen LogP contribution in [0.1, 0.15) is 30.5 Å². The third kappa shape index (κ3) is 4.00. The largest absolute Gasteiger partial charge is 0.480 e. The van der Waals surface area contributed by atoms with Crippen LogP contribution in [0.2, 0.25) is 5.02 Å². The molecule has 14 heteroatoms. The van der Waals surface area contributed by atoms with Gasteiger partial charge in [-0.1, -0.05) is 11.6 Å². The van der Waals surface area contributed by atoms with Crippen molar-refractivity contribution in [3.8, 4) is 0 Å². The number of aliphatic carboxylic acids is 1. The predicted molar refractivity (Wildman–Crippen MR) is 108 cm³/mol. The van der Waals surface area contributed by atoms with E-state index in [-0.39, 0.29) is 23.6 Å². The van der Waals surface area contributed by atoms with E-state index in [1.807, 2.05) is 0 Å². The number of nitrogens with zero attached hydrogens (tertiary/aromatic N) is 3. The summed E-state index contributed by atoms with van der Waals surface area (Å²) >= 11 is 5.70. The number of sulfone groups is 1. The summed E-state index contributed by atoms with van der Waals surface area (Å²) in [6.07, 6.45) is -3.40. The normalized spacial score (nSPS) is 22.0. The predicted octanol–water partition coefficient (Wildman–Crippen LogP) is 2.85. The van der Waals surface area contributed by atoms with Crippen LogP contribution in [-0.4, -0.2) is 58.1 Å². The molecule has 0 aromatic carbocycles. The number of halogens is 5. The zero-order chi connectivity index (χ0) is 25.1. The second kappa shape index (κ2) is 8.15. The summed E-state index contributed by atoms with van der Waals surface area (Å²) in [7, 11) is -4.78. The first-order chi connectivity index (χ1) is 15.8. The number of carbonyl (C=O) groups is 2. The average molecular weight is 522 g/mol. The molecule has 182 valence electrons. The first kappa shape index (κ1) is 24.3. The Morgan fingerprint density at radius 2 is 1.91 bits per heavy atom. The molecule has 4 rings (SSSR count). The van der Waals surface area contributed by atoms with Crippen molar-refractivity contribution in [2.45, 2.75) is 47.2 Å². The molecule has 1 aliphatic heterocycles. The van der Waals surface area contributed by atoms with E-state index in [1.54, 1.807) is 0 Å². The van der Waals surface area contributed by atoms with Crippen molar-refractivity contribution < 1.29 is 40.7 Å². The fourth-order valence-corrected chi connectivity index (χ4v) is 6.14. The summed E-state index contributed by atoms with van der Waals surface area (Å²) in [6.45, 7) is -0.692. The molecule has 3 heterocycles. The number of likely N-dealkylation sites (tertiary alicyclic amines) is 1. The highest BCUT2D eigenvalue weighted by Gasteiger charge is 2.59. The first-order valence-electron chi connectivity index (χ1n) is 9.90. The summed E-state index contributed by atoms with van der Waals surface area (Å²) in [5.74, 6) is -3.27. The van der Waals surface area contributed by atoms with E-state index in [1.165, 1.54) is 0 Å². The molecule has 1 amide bonds. The number of carboxylic acids is 1. The summed E-state index contributed by atoms with van der Waals surface area (Å²) < 4.78 is 80.8. The molecule has 0 spiro atoms. The lowest BCUT2D eigenvalue weighted by Crippen LogP contribution is -2.46. The van der Waals surface area contributed by atoms with E-state index in [4.69, 9.17) is 11.6 Å². The molecular formula is C20H16ClF4N3O5S. The van der Waals surface area contributed by atoms with Crippen LogP contribution in [0.3, 0.4) is 0 Å². The Balaban J connectivity index is 1.70. The van der Waals surface area contributed by atoms with Gasteiger partial charge >= 0.3 is 12.1 Å². The van der Waals surface area contributed by atoms with Crippen molar-refractivity contribution in [3.63, 3.8) is 0 Å². The summed E-state index contributed by atoms with van der Waals surface area (Å²) in [6, 6.07) is 0.790. The van der Waals surface area contributed by atoms with E-state index < -0.39 is 74.0 Å². The van der Waals surface area contributed by atoms with E-state index >= 15 is 0 Å². The van der Waals surface area contributed by atoms with Gasteiger partial charge in [0.05, 0.1) is 26.9 Å². The van der Waals surface area contributed by atoms with Crippen molar-refractivity contribution in [2.24, 2.45) is 0 Å². The zero-order valence-electron chi connectivity index (χ0n) is 17.1. The van der Waals surface area contributed by atoms with E-state index in [0.29, 0.717) is 6.07 Å². The second-order valence-corrected chi connectivity index (χ2v) is 10.7. The fourth-order valence-electron chi connectivity index (χ4n) is 4.19. The van der Waals surface area contributed by atoms with Gasteiger partial charge in [-0.3, -0.25) is 9.78 Å². The topological polar surface area (TPSA) is 118 Å². The molecule has 1 saturated carbocycles. The first-order valence-corrected chi connectivity index (χ1v) is 11.8. The van der Waals surface area contributed by atoms with Crippen LogP contribution in [0.15, 0.2) is 35.6 Å². The van der Waals surface area contributed by atoms with Gasteiger partial charge in [-0.15, -0.1) is 0 Å². The second-order valence-electron chi connectivity index (χ2n) is 8.13. The third-order valence-corrected chi connectivity index (χ3v) is 8.30. The van der Waals surface area contributed by atoms with Gasteiger partial charge in [-0.25, -0.2) is 22.6 Å². The highest BCUT2D eigenvalue weighted by Crippen LogP contribution is 2.51. The molecule has 2 atom stereocenters. The highest BCUT2D eigenvalue weighted by molar-refractivity contribution is 7.92. The summed E-state index contributed by atoms with van der Waals surface area (Å²) in [5, 5.41) is 6.71. The summed E-state index contributed by atoms with van der Waals surface area (Å²) in [5.41, 5.74) is -3.23. The van der Waals surface area contributed by atoms with Gasteiger partial charge in [0, 0.05) is 18.9 Å². The number of aromatic nitrogens is 2. The Hall–Kier alpha value is -2.80. The number of rotatable bonds is 5. The van der Waals surface area contributed by atoms with Crippen molar-refractivity contribution in [3.05, 3.63) is 52.7 Å². The van der Waals surface area contributed by atoms with E-state index in [2.05, 4.69) is 9.97 Å². The Labute approximate surface area is 195 Å². The van der Waals surface area contributed by atoms with E-state index in [9.17, 15) is 40.7 Å². The molecular weight excluding hydrogens is 506 g/mol. The minimum Gasteiger partial charge on any atom is -0.480 e. The van der Waals surface area contributed by atoms with Crippen molar-refractivity contribution in [1.82, 2.24) is 14.9 Å². The molecule has 1 saturated heterocycles. The lowest BCUT2D eigenvalue weighted by Gasteiger charge is -2.26. The maximum Gasteiger partial charge on any atom is 0.419 e. The highest BCUT2D eigenvalue weighted by atomic mass is 35.5. The molecule has 2 aromatic rings. The van der Waals surface area contributed by atoms with Crippen molar-refractivity contribution in [2.75, 3.05) is 6.54 Å². The van der Waals surface area contributed by atoms with E-state index in [0.717, 1.165) is 29.4 Å². The maximum absolute atomic E-state index is 14.5. The number of amides is 1. The molecule has 0 radical (unpaired) electrons. The lowest BCUT2D eigenvalue weighted by atomic mass is 9.98. The van der Waals surface area contributed by atoms with Gasteiger partial charge in [0.25, 0.3) is 0 Å². The van der Waals surface area contributed by atoms with Gasteiger partial charge in [-0.2, -0.15) is 13.2 Å². The van der Waals surface area contributed by atoms with Gasteiger partial charge in [-0.05, 0) is 37.5 Å². The smallest absolute Gasteiger partial charge is 0.419 e. The molecule has 2 fully saturated rings. The van der Waals surface area contributed by atoms with Crippen LogP contribution in [0.25, 0.3) is 0 Å². The Morgan fingerprint density at radius 3 is 2.47 bits per heavy atom. The molecule has 0 bridgehead atoms. The minimum absolute atomic E-state index is 0.0175. The van der Waals surface area contributed by atoms with Gasteiger partial charge in [0.15, 0.2) is 5.03 Å². The average Bonchev–Trinajstić information content (AvgIpc) is 3.41. The van der Waals surface area contributed by atoms with Gasteiger partial charge in [0.2, 0.25) is 15.7 Å². The molecule has 2 aliphatic rings. The molecule has 1 aliphatic carbocycles. The maximum atomic E-state index is 14.5. The standard InChI is InChI=1S/C20H16ClF4N3O5S/c21-10-6-13(22)15(27-8-10)19(3-4-19)18(31)28-9-11(7-14(28)17(29)30)34(32,33)16-12(20(23,24)25)2-1-5-26-16/h1-2,5-6,8,11,14H,3-4,7,9H2,(H,29,30)/t11-,14+/m1/s1. The SMILES string of the molecule is O=C(O)[C@@H]1C[C@@H](S(=O)(=O)c2ncccc2C(F)(F)F)CN1C(=O)C1(c2ncc(Cl)cc2F)CC1. The number of carbonyl (C=O) groups excluding carboxylic acids is 1. The Bertz CT molecular complexity index is 1280. The monoisotopic (exact) mass is 521 g/mol. The van der Waals surface area contributed by atoms with Crippen LogP contribution < -0.4 is 0 Å².